The Kier molecular flexibility index (Phi) is 3.82. The summed E-state index contributed by atoms with van der Waals surface area (Å²) >= 11 is 1.46. The van der Waals surface area contributed by atoms with E-state index < -0.39 is 0 Å². The molecule has 1 unspecified atom stereocenters. The number of likely N-dealkylation sites (tertiary alicyclic amines) is 1. The first-order valence-corrected chi connectivity index (χ1v) is 7.67. The Labute approximate surface area is 120 Å². The molecule has 1 aliphatic heterocycles. The van der Waals surface area contributed by atoms with E-state index in [1.165, 1.54) is 21.9 Å². The summed E-state index contributed by atoms with van der Waals surface area (Å²) in [6.45, 7) is 4.71. The molecule has 1 saturated heterocycles. The lowest BCUT2D eigenvalue weighted by atomic mass is 9.99. The molecule has 0 saturated carbocycles. The molecule has 0 aliphatic carbocycles. The molecule has 0 aromatic carbocycles. The van der Waals surface area contributed by atoms with E-state index in [0.717, 1.165) is 43.2 Å². The fourth-order valence-corrected chi connectivity index (χ4v) is 3.65. The van der Waals surface area contributed by atoms with E-state index in [-0.39, 0.29) is 12.2 Å². The highest BCUT2D eigenvalue weighted by atomic mass is 32.1. The average molecular weight is 294 g/mol. The van der Waals surface area contributed by atoms with Gasteiger partial charge in [0.2, 0.25) is 4.96 Å². The molecule has 3 rings (SSSR count). The molecule has 1 N–H and O–H groups in total. The quantitative estimate of drug-likeness (QED) is 0.900. The summed E-state index contributed by atoms with van der Waals surface area (Å²) in [5.41, 5.74) is 0.602. The van der Waals surface area contributed by atoms with Crippen molar-refractivity contribution in [3.63, 3.8) is 0 Å². The number of aliphatic hydroxyl groups excluding tert-OH is 1. The summed E-state index contributed by atoms with van der Waals surface area (Å²) in [6, 6.07) is 1.50. The lowest BCUT2D eigenvalue weighted by Gasteiger charge is -2.30. The largest absolute Gasteiger partial charge is 0.396 e. The number of piperidine rings is 1. The Morgan fingerprint density at radius 2 is 2.40 bits per heavy atom. The molecule has 1 aliphatic rings. The molecule has 3 heterocycles. The predicted octanol–water partition coefficient (Wildman–Crippen LogP) is 0.664. The van der Waals surface area contributed by atoms with Crippen molar-refractivity contribution in [2.45, 2.75) is 26.3 Å². The summed E-state index contributed by atoms with van der Waals surface area (Å²) in [4.78, 5) is 19.1. The van der Waals surface area contributed by atoms with Crippen LogP contribution < -0.4 is 5.56 Å². The molecule has 0 bridgehead atoms. The Balaban J connectivity index is 1.81. The minimum absolute atomic E-state index is 0.123. The number of fused-ring (bicyclic) bond motifs is 1. The van der Waals surface area contributed by atoms with Crippen LogP contribution in [0, 0.1) is 12.8 Å². The number of aromatic nitrogens is 3. The van der Waals surface area contributed by atoms with Crippen LogP contribution >= 0.6 is 11.3 Å². The van der Waals surface area contributed by atoms with Crippen LogP contribution in [0.1, 0.15) is 23.5 Å². The Bertz CT molecular complexity index is 666. The number of aliphatic hydroxyl groups is 1. The van der Waals surface area contributed by atoms with E-state index in [1.54, 1.807) is 0 Å². The number of hydrogen-bond acceptors (Lipinski definition) is 6. The monoisotopic (exact) mass is 294 g/mol. The molecule has 2 aromatic heterocycles. The van der Waals surface area contributed by atoms with Gasteiger partial charge in [-0.05, 0) is 32.2 Å². The molecule has 2 aromatic rings. The summed E-state index contributed by atoms with van der Waals surface area (Å²) < 4.78 is 1.38. The summed E-state index contributed by atoms with van der Waals surface area (Å²) in [6.07, 6.45) is 2.19. The molecular weight excluding hydrogens is 276 g/mol. The molecule has 108 valence electrons. The zero-order chi connectivity index (χ0) is 14.1. The normalized spacial score (nSPS) is 20.6. The van der Waals surface area contributed by atoms with Gasteiger partial charge in [-0.15, -0.1) is 0 Å². The van der Waals surface area contributed by atoms with Gasteiger partial charge in [-0.2, -0.15) is 9.61 Å². The summed E-state index contributed by atoms with van der Waals surface area (Å²) in [5.74, 6) is 0.362. The third-order valence-corrected chi connectivity index (χ3v) is 4.53. The van der Waals surface area contributed by atoms with Crippen LogP contribution in [0.4, 0.5) is 0 Å². The van der Waals surface area contributed by atoms with E-state index in [0.29, 0.717) is 10.9 Å². The van der Waals surface area contributed by atoms with Gasteiger partial charge in [-0.1, -0.05) is 11.3 Å². The van der Waals surface area contributed by atoms with Crippen LogP contribution in [0.25, 0.3) is 4.96 Å². The number of hydrogen-bond donors (Lipinski definition) is 1. The molecule has 20 heavy (non-hydrogen) atoms. The van der Waals surface area contributed by atoms with E-state index >= 15 is 0 Å². The fraction of sp³-hybridized carbons (Fsp3) is 0.615. The van der Waals surface area contributed by atoms with Crippen LogP contribution in [-0.2, 0) is 6.54 Å². The van der Waals surface area contributed by atoms with Gasteiger partial charge in [-0.25, -0.2) is 4.98 Å². The first kappa shape index (κ1) is 13.7. The van der Waals surface area contributed by atoms with E-state index in [1.807, 2.05) is 6.92 Å². The molecule has 1 atom stereocenters. The van der Waals surface area contributed by atoms with Crippen molar-refractivity contribution >= 4 is 16.3 Å². The number of rotatable bonds is 3. The van der Waals surface area contributed by atoms with Crippen molar-refractivity contribution in [3.05, 3.63) is 27.1 Å². The Hall–Kier alpha value is -1.31. The highest BCUT2D eigenvalue weighted by Crippen LogP contribution is 2.20. The topological polar surface area (TPSA) is 70.7 Å². The van der Waals surface area contributed by atoms with E-state index in [9.17, 15) is 9.90 Å². The SMILES string of the molecule is Cc1cc(=O)n2nc(CN3CCCC(CO)C3)sc2n1. The molecular formula is C13H18N4O2S. The first-order chi connectivity index (χ1) is 9.65. The van der Waals surface area contributed by atoms with Gasteiger partial charge in [0.25, 0.3) is 5.56 Å². The zero-order valence-electron chi connectivity index (χ0n) is 11.4. The molecule has 0 amide bonds. The van der Waals surface area contributed by atoms with Crippen molar-refractivity contribution in [1.29, 1.82) is 0 Å². The number of nitrogens with zero attached hydrogens (tertiary/aromatic N) is 4. The second-order valence-electron chi connectivity index (χ2n) is 5.35. The molecule has 6 nitrogen and oxygen atoms in total. The maximum Gasteiger partial charge on any atom is 0.275 e. The van der Waals surface area contributed by atoms with Crippen molar-refractivity contribution in [2.24, 2.45) is 5.92 Å². The van der Waals surface area contributed by atoms with Gasteiger partial charge in [0.15, 0.2) is 0 Å². The Morgan fingerprint density at radius 3 is 3.20 bits per heavy atom. The maximum atomic E-state index is 11.8. The predicted molar refractivity (Wildman–Crippen MR) is 77.0 cm³/mol. The molecule has 1 fully saturated rings. The maximum absolute atomic E-state index is 11.8. The van der Waals surface area contributed by atoms with Gasteiger partial charge in [0.05, 0.1) is 6.54 Å². The van der Waals surface area contributed by atoms with Gasteiger partial charge in [0.1, 0.15) is 5.01 Å². The standard InChI is InChI=1S/C13H18N4O2S/c1-9-5-12(19)17-13(14-9)20-11(15-17)7-16-4-2-3-10(6-16)8-18/h5,10,18H,2-4,6-8H2,1H3. The van der Waals surface area contributed by atoms with Crippen molar-refractivity contribution in [2.75, 3.05) is 19.7 Å². The minimum Gasteiger partial charge on any atom is -0.396 e. The van der Waals surface area contributed by atoms with Crippen LogP contribution in [0.15, 0.2) is 10.9 Å². The van der Waals surface area contributed by atoms with E-state index in [2.05, 4.69) is 15.0 Å². The van der Waals surface area contributed by atoms with Crippen molar-refractivity contribution < 1.29 is 5.11 Å². The van der Waals surface area contributed by atoms with Crippen LogP contribution in [0.2, 0.25) is 0 Å². The third-order valence-electron chi connectivity index (χ3n) is 3.64. The molecule has 0 spiro atoms. The second kappa shape index (κ2) is 5.59. The zero-order valence-corrected chi connectivity index (χ0v) is 12.3. The van der Waals surface area contributed by atoms with Gasteiger partial charge < -0.3 is 5.11 Å². The van der Waals surface area contributed by atoms with E-state index in [4.69, 9.17) is 0 Å². The lowest BCUT2D eigenvalue weighted by molar-refractivity contribution is 0.115. The Morgan fingerprint density at radius 1 is 1.55 bits per heavy atom. The number of aryl methyl sites for hydroxylation is 1. The van der Waals surface area contributed by atoms with Crippen molar-refractivity contribution in [3.8, 4) is 0 Å². The van der Waals surface area contributed by atoms with Crippen molar-refractivity contribution in [1.82, 2.24) is 19.5 Å². The van der Waals surface area contributed by atoms with Crippen LogP contribution in [0.3, 0.4) is 0 Å². The van der Waals surface area contributed by atoms with Gasteiger partial charge in [-0.3, -0.25) is 9.69 Å². The highest BCUT2D eigenvalue weighted by molar-refractivity contribution is 7.16. The summed E-state index contributed by atoms with van der Waals surface area (Å²) in [7, 11) is 0. The lowest BCUT2D eigenvalue weighted by Crippen LogP contribution is -2.36. The summed E-state index contributed by atoms with van der Waals surface area (Å²) in [5, 5.41) is 14.5. The van der Waals surface area contributed by atoms with Crippen LogP contribution in [0.5, 0.6) is 0 Å². The third kappa shape index (κ3) is 2.74. The highest BCUT2D eigenvalue weighted by Gasteiger charge is 2.20. The van der Waals surface area contributed by atoms with Gasteiger partial charge in [0, 0.05) is 24.9 Å². The second-order valence-corrected chi connectivity index (χ2v) is 6.39. The molecule has 0 radical (unpaired) electrons. The average Bonchev–Trinajstić information content (AvgIpc) is 2.81. The first-order valence-electron chi connectivity index (χ1n) is 6.85. The minimum atomic E-state index is -0.123. The molecule has 7 heteroatoms. The van der Waals surface area contributed by atoms with Crippen LogP contribution in [-0.4, -0.2) is 44.3 Å². The fourth-order valence-electron chi connectivity index (χ4n) is 2.66. The van der Waals surface area contributed by atoms with Gasteiger partial charge >= 0.3 is 0 Å². The smallest absolute Gasteiger partial charge is 0.275 e.